The van der Waals surface area contributed by atoms with Crippen molar-refractivity contribution in [1.82, 2.24) is 0 Å². The molecule has 0 amide bonds. The standard InChI is InChI=1S/C30H23NO/c1-3-13-22(4-2)31(23-14-6-5-7-15-23)30-26-18-10-8-16-24(26)29(28-20-12-21-32-28)25-17-9-11-19-27(25)30/h3-21H,1-2H2/b22-13+. The van der Waals surface area contributed by atoms with E-state index in [9.17, 15) is 0 Å². The zero-order chi connectivity index (χ0) is 21.9. The molecule has 4 aromatic carbocycles. The average molecular weight is 414 g/mol. The number of para-hydroxylation sites is 1. The highest BCUT2D eigenvalue weighted by molar-refractivity contribution is 6.21. The summed E-state index contributed by atoms with van der Waals surface area (Å²) in [5, 5.41) is 4.55. The summed E-state index contributed by atoms with van der Waals surface area (Å²) in [6.07, 6.45) is 7.39. The average Bonchev–Trinajstić information content (AvgIpc) is 3.38. The van der Waals surface area contributed by atoms with Crippen LogP contribution in [0.4, 0.5) is 11.4 Å². The van der Waals surface area contributed by atoms with E-state index < -0.39 is 0 Å². The van der Waals surface area contributed by atoms with E-state index in [0.29, 0.717) is 0 Å². The summed E-state index contributed by atoms with van der Waals surface area (Å²) in [6, 6.07) is 31.3. The van der Waals surface area contributed by atoms with E-state index in [-0.39, 0.29) is 0 Å². The van der Waals surface area contributed by atoms with Crippen LogP contribution in [0.1, 0.15) is 0 Å². The summed E-state index contributed by atoms with van der Waals surface area (Å²) < 4.78 is 5.87. The Morgan fingerprint density at radius 3 is 1.81 bits per heavy atom. The molecule has 0 unspecified atom stereocenters. The zero-order valence-electron chi connectivity index (χ0n) is 17.7. The maximum absolute atomic E-state index is 5.87. The summed E-state index contributed by atoms with van der Waals surface area (Å²) in [5.74, 6) is 0.862. The predicted octanol–water partition coefficient (Wildman–Crippen LogP) is 8.65. The number of furan rings is 1. The fourth-order valence-corrected chi connectivity index (χ4v) is 4.37. The second-order valence-electron chi connectivity index (χ2n) is 7.49. The van der Waals surface area contributed by atoms with E-state index >= 15 is 0 Å². The Morgan fingerprint density at radius 2 is 1.28 bits per heavy atom. The molecule has 2 nitrogen and oxygen atoms in total. The van der Waals surface area contributed by atoms with Gasteiger partial charge in [0.15, 0.2) is 0 Å². The number of rotatable bonds is 6. The maximum atomic E-state index is 5.87. The van der Waals surface area contributed by atoms with Gasteiger partial charge in [-0.2, -0.15) is 0 Å². The second kappa shape index (κ2) is 8.44. The zero-order valence-corrected chi connectivity index (χ0v) is 17.7. The highest BCUT2D eigenvalue weighted by atomic mass is 16.3. The van der Waals surface area contributed by atoms with Crippen molar-refractivity contribution in [3.8, 4) is 11.3 Å². The molecular weight excluding hydrogens is 390 g/mol. The van der Waals surface area contributed by atoms with Gasteiger partial charge in [-0.1, -0.05) is 86.0 Å². The molecule has 5 aromatic rings. The molecule has 0 atom stereocenters. The number of anilines is 2. The second-order valence-corrected chi connectivity index (χ2v) is 7.49. The third kappa shape index (κ3) is 3.23. The van der Waals surface area contributed by atoms with Crippen LogP contribution in [0.15, 0.2) is 139 Å². The van der Waals surface area contributed by atoms with E-state index in [1.807, 2.05) is 30.4 Å². The number of allylic oxidation sites excluding steroid dienone is 3. The van der Waals surface area contributed by atoms with Crippen LogP contribution < -0.4 is 4.90 Å². The minimum absolute atomic E-state index is 0.862. The Bertz CT molecular complexity index is 1390. The quantitative estimate of drug-likeness (QED) is 0.204. The van der Waals surface area contributed by atoms with Crippen LogP contribution in [-0.4, -0.2) is 0 Å². The first-order chi connectivity index (χ1) is 15.8. The minimum Gasteiger partial charge on any atom is -0.464 e. The van der Waals surface area contributed by atoms with E-state index in [2.05, 4.69) is 90.9 Å². The lowest BCUT2D eigenvalue weighted by Gasteiger charge is -2.29. The Balaban J connectivity index is 1.97. The Labute approximate surface area is 188 Å². The first kappa shape index (κ1) is 19.7. The van der Waals surface area contributed by atoms with Crippen LogP contribution in [0.25, 0.3) is 32.9 Å². The van der Waals surface area contributed by atoms with E-state index in [0.717, 1.165) is 49.9 Å². The Hall–Kier alpha value is -4.30. The molecule has 5 rings (SSSR count). The molecule has 0 radical (unpaired) electrons. The number of nitrogens with zero attached hydrogens (tertiary/aromatic N) is 1. The summed E-state index contributed by atoms with van der Waals surface area (Å²) in [6.45, 7) is 8.02. The summed E-state index contributed by atoms with van der Waals surface area (Å²) in [7, 11) is 0. The van der Waals surface area contributed by atoms with Crippen molar-refractivity contribution in [3.63, 3.8) is 0 Å². The molecule has 1 aromatic heterocycles. The first-order valence-corrected chi connectivity index (χ1v) is 10.6. The van der Waals surface area contributed by atoms with Crippen molar-refractivity contribution in [2.75, 3.05) is 4.90 Å². The van der Waals surface area contributed by atoms with Crippen molar-refractivity contribution in [2.24, 2.45) is 0 Å². The molecule has 0 aliphatic rings. The summed E-state index contributed by atoms with van der Waals surface area (Å²) in [5.41, 5.74) is 4.21. The van der Waals surface area contributed by atoms with Gasteiger partial charge in [0.25, 0.3) is 0 Å². The van der Waals surface area contributed by atoms with Gasteiger partial charge in [-0.05, 0) is 47.2 Å². The molecule has 0 bridgehead atoms. The van der Waals surface area contributed by atoms with Crippen molar-refractivity contribution in [2.45, 2.75) is 0 Å². The van der Waals surface area contributed by atoms with Crippen molar-refractivity contribution in [1.29, 1.82) is 0 Å². The fraction of sp³-hybridized carbons (Fsp3) is 0. The molecule has 0 fully saturated rings. The van der Waals surface area contributed by atoms with Crippen LogP contribution in [0.5, 0.6) is 0 Å². The van der Waals surface area contributed by atoms with Crippen LogP contribution in [-0.2, 0) is 0 Å². The first-order valence-electron chi connectivity index (χ1n) is 10.6. The van der Waals surface area contributed by atoms with Gasteiger partial charge < -0.3 is 9.32 Å². The minimum atomic E-state index is 0.862. The molecular formula is C30H23NO. The number of hydrogen-bond acceptors (Lipinski definition) is 2. The number of hydrogen-bond donors (Lipinski definition) is 0. The SMILES string of the molecule is C=C/C=C(\C=C)N(c1ccccc1)c1c2ccccc2c(-c2ccco2)c2ccccc12. The van der Waals surface area contributed by atoms with Crippen LogP contribution in [0.2, 0.25) is 0 Å². The third-order valence-electron chi connectivity index (χ3n) is 5.66. The van der Waals surface area contributed by atoms with Crippen molar-refractivity contribution < 1.29 is 4.42 Å². The van der Waals surface area contributed by atoms with Crippen LogP contribution in [0.3, 0.4) is 0 Å². The monoisotopic (exact) mass is 413 g/mol. The van der Waals surface area contributed by atoms with Gasteiger partial charge in [-0.3, -0.25) is 0 Å². The lowest BCUT2D eigenvalue weighted by atomic mass is 9.92. The van der Waals surface area contributed by atoms with Gasteiger partial charge in [0.1, 0.15) is 5.76 Å². The number of fused-ring (bicyclic) bond motifs is 2. The Morgan fingerprint density at radius 1 is 0.688 bits per heavy atom. The van der Waals surface area contributed by atoms with Gasteiger partial charge in [0, 0.05) is 27.7 Å². The largest absolute Gasteiger partial charge is 0.464 e. The lowest BCUT2D eigenvalue weighted by Crippen LogP contribution is -2.16. The lowest BCUT2D eigenvalue weighted by molar-refractivity contribution is 0.583. The molecule has 0 saturated heterocycles. The topological polar surface area (TPSA) is 16.4 Å². The van der Waals surface area contributed by atoms with E-state index in [4.69, 9.17) is 4.42 Å². The van der Waals surface area contributed by atoms with Crippen molar-refractivity contribution >= 4 is 32.9 Å². The summed E-state index contributed by atoms with van der Waals surface area (Å²) >= 11 is 0. The molecule has 0 spiro atoms. The Kier molecular flexibility index (Phi) is 5.19. The molecule has 0 aliphatic heterocycles. The van der Waals surface area contributed by atoms with Crippen molar-refractivity contribution in [3.05, 3.63) is 134 Å². The highest BCUT2D eigenvalue weighted by Gasteiger charge is 2.22. The van der Waals surface area contributed by atoms with Gasteiger partial charge in [0.05, 0.1) is 12.0 Å². The van der Waals surface area contributed by atoms with E-state index in [1.54, 1.807) is 12.3 Å². The predicted molar refractivity (Wildman–Crippen MR) is 136 cm³/mol. The molecule has 32 heavy (non-hydrogen) atoms. The molecule has 2 heteroatoms. The summed E-state index contributed by atoms with van der Waals surface area (Å²) in [4.78, 5) is 2.26. The molecule has 0 aliphatic carbocycles. The van der Waals surface area contributed by atoms with Gasteiger partial charge in [-0.25, -0.2) is 0 Å². The molecule has 1 heterocycles. The smallest absolute Gasteiger partial charge is 0.135 e. The third-order valence-corrected chi connectivity index (χ3v) is 5.66. The van der Waals surface area contributed by atoms with Crippen LogP contribution >= 0.6 is 0 Å². The van der Waals surface area contributed by atoms with Crippen LogP contribution in [0, 0.1) is 0 Å². The molecule has 154 valence electrons. The molecule has 0 N–H and O–H groups in total. The van der Waals surface area contributed by atoms with Gasteiger partial charge >= 0.3 is 0 Å². The fourth-order valence-electron chi connectivity index (χ4n) is 4.37. The normalized spacial score (nSPS) is 11.6. The number of benzene rings is 4. The highest BCUT2D eigenvalue weighted by Crippen LogP contribution is 2.46. The van der Waals surface area contributed by atoms with Gasteiger partial charge in [0.2, 0.25) is 0 Å². The van der Waals surface area contributed by atoms with E-state index in [1.165, 1.54) is 0 Å². The maximum Gasteiger partial charge on any atom is 0.135 e. The van der Waals surface area contributed by atoms with Gasteiger partial charge in [-0.15, -0.1) is 0 Å². The molecule has 0 saturated carbocycles.